The van der Waals surface area contributed by atoms with Crippen LogP contribution in [0, 0.1) is 0 Å². The molecule has 1 aliphatic heterocycles. The number of carbonyl (C=O) groups excluding carboxylic acids is 1. The maximum Gasteiger partial charge on any atom is 0.242 e. The van der Waals surface area contributed by atoms with Crippen molar-refractivity contribution in [3.8, 4) is 0 Å². The Morgan fingerprint density at radius 3 is 2.75 bits per heavy atom. The number of nitrogens with zero attached hydrogens (tertiary/aromatic N) is 5. The minimum Gasteiger partial charge on any atom is -0.357 e. The summed E-state index contributed by atoms with van der Waals surface area (Å²) in [5, 5.41) is 7.50. The number of hydrogen-bond donors (Lipinski definition) is 1. The molecule has 0 aliphatic carbocycles. The maximum atomic E-state index is 12.6. The molecule has 1 aromatic heterocycles. The summed E-state index contributed by atoms with van der Waals surface area (Å²) in [6.45, 7) is 13.7. The zero-order valence-electron chi connectivity index (χ0n) is 15.5. The van der Waals surface area contributed by atoms with Crippen molar-refractivity contribution in [3.05, 3.63) is 18.5 Å². The average Bonchev–Trinajstić information content (AvgIpc) is 2.97. The number of piperazine rings is 1. The third-order valence-corrected chi connectivity index (χ3v) is 4.13. The average molecular weight is 334 g/mol. The number of aromatic nitrogens is 2. The second-order valence-corrected chi connectivity index (χ2v) is 7.03. The van der Waals surface area contributed by atoms with Crippen LogP contribution in [0.2, 0.25) is 0 Å². The Labute approximate surface area is 144 Å². The molecule has 134 valence electrons. The molecule has 7 heteroatoms. The highest BCUT2D eigenvalue weighted by Gasteiger charge is 2.40. The summed E-state index contributed by atoms with van der Waals surface area (Å²) < 4.78 is 1.86. The lowest BCUT2D eigenvalue weighted by atomic mass is 9.96. The molecule has 0 unspecified atom stereocenters. The first-order chi connectivity index (χ1) is 11.3. The maximum absolute atomic E-state index is 12.6. The zero-order valence-corrected chi connectivity index (χ0v) is 15.5. The van der Waals surface area contributed by atoms with Crippen molar-refractivity contribution >= 4 is 11.9 Å². The van der Waals surface area contributed by atoms with Gasteiger partial charge in [-0.2, -0.15) is 5.10 Å². The molecule has 1 N–H and O–H groups in total. The van der Waals surface area contributed by atoms with E-state index in [1.807, 2.05) is 28.8 Å². The summed E-state index contributed by atoms with van der Waals surface area (Å²) in [4.78, 5) is 21.3. The molecule has 0 atom stereocenters. The predicted molar refractivity (Wildman–Crippen MR) is 95.8 cm³/mol. The van der Waals surface area contributed by atoms with Crippen LogP contribution in [-0.4, -0.2) is 69.2 Å². The lowest BCUT2D eigenvalue weighted by Gasteiger charge is -2.49. The van der Waals surface area contributed by atoms with Gasteiger partial charge >= 0.3 is 0 Å². The van der Waals surface area contributed by atoms with Gasteiger partial charge in [-0.3, -0.25) is 14.5 Å². The molecule has 1 aliphatic rings. The van der Waals surface area contributed by atoms with E-state index in [4.69, 9.17) is 0 Å². The predicted octanol–water partition coefficient (Wildman–Crippen LogP) is 1.18. The van der Waals surface area contributed by atoms with E-state index in [-0.39, 0.29) is 17.5 Å². The van der Waals surface area contributed by atoms with E-state index in [1.165, 1.54) is 0 Å². The fraction of sp³-hybridized carbons (Fsp3) is 0.706. The fourth-order valence-electron chi connectivity index (χ4n) is 3.43. The van der Waals surface area contributed by atoms with Gasteiger partial charge < -0.3 is 15.1 Å². The van der Waals surface area contributed by atoms with Crippen LogP contribution in [0.5, 0.6) is 0 Å². The van der Waals surface area contributed by atoms with E-state index in [2.05, 4.69) is 48.0 Å². The normalized spacial score (nSPS) is 18.4. The third-order valence-electron chi connectivity index (χ3n) is 4.13. The van der Waals surface area contributed by atoms with Crippen LogP contribution >= 0.6 is 0 Å². The molecule has 1 saturated heterocycles. The van der Waals surface area contributed by atoms with Crippen molar-refractivity contribution in [2.45, 2.75) is 52.7 Å². The molecule has 1 amide bonds. The van der Waals surface area contributed by atoms with Gasteiger partial charge in [-0.1, -0.05) is 0 Å². The van der Waals surface area contributed by atoms with Crippen LogP contribution in [0.3, 0.4) is 0 Å². The minimum atomic E-state index is -0.221. The first-order valence-corrected chi connectivity index (χ1v) is 8.68. The van der Waals surface area contributed by atoms with Gasteiger partial charge in [0, 0.05) is 31.5 Å². The third kappa shape index (κ3) is 4.27. The van der Waals surface area contributed by atoms with Gasteiger partial charge in [0.1, 0.15) is 0 Å². The molecule has 1 fully saturated rings. The highest BCUT2D eigenvalue weighted by molar-refractivity contribution is 5.88. The van der Waals surface area contributed by atoms with Crippen LogP contribution in [-0.2, 0) is 11.3 Å². The van der Waals surface area contributed by atoms with Crippen molar-refractivity contribution in [2.24, 2.45) is 4.99 Å². The largest absolute Gasteiger partial charge is 0.357 e. The summed E-state index contributed by atoms with van der Waals surface area (Å²) in [5.74, 6) is 0.952. The Balaban J connectivity index is 2.08. The SMILES string of the molecule is CCNC(=NCCn1cccn1)N1CC(=O)N(C(C)C)C(C)(C)C1. The number of rotatable bonds is 5. The summed E-state index contributed by atoms with van der Waals surface area (Å²) in [6.07, 6.45) is 3.69. The van der Waals surface area contributed by atoms with Crippen molar-refractivity contribution in [1.82, 2.24) is 24.9 Å². The highest BCUT2D eigenvalue weighted by atomic mass is 16.2. The van der Waals surface area contributed by atoms with Gasteiger partial charge in [-0.05, 0) is 40.7 Å². The van der Waals surface area contributed by atoms with E-state index in [9.17, 15) is 4.79 Å². The molecule has 2 heterocycles. The van der Waals surface area contributed by atoms with E-state index in [0.717, 1.165) is 25.6 Å². The Bertz CT molecular complexity index is 564. The van der Waals surface area contributed by atoms with Gasteiger partial charge in [0.15, 0.2) is 5.96 Å². The Morgan fingerprint density at radius 1 is 1.46 bits per heavy atom. The zero-order chi connectivity index (χ0) is 17.7. The molecule has 0 bridgehead atoms. The summed E-state index contributed by atoms with van der Waals surface area (Å²) in [7, 11) is 0. The monoisotopic (exact) mass is 334 g/mol. The number of hydrogen-bond acceptors (Lipinski definition) is 3. The van der Waals surface area contributed by atoms with Crippen molar-refractivity contribution in [1.29, 1.82) is 0 Å². The van der Waals surface area contributed by atoms with Gasteiger partial charge in [-0.15, -0.1) is 0 Å². The van der Waals surface area contributed by atoms with Crippen molar-refractivity contribution in [3.63, 3.8) is 0 Å². The molecule has 2 rings (SSSR count). The number of guanidine groups is 1. The molecule has 24 heavy (non-hydrogen) atoms. The number of aliphatic imine (C=N–C) groups is 1. The summed E-state index contributed by atoms with van der Waals surface area (Å²) in [6, 6.07) is 2.11. The Morgan fingerprint density at radius 2 is 2.21 bits per heavy atom. The van der Waals surface area contributed by atoms with E-state index in [0.29, 0.717) is 13.1 Å². The molecule has 0 spiro atoms. The standard InChI is InChI=1S/C17H30N6O/c1-6-18-16(19-9-11-22-10-7-8-20-22)21-12-15(24)23(14(2)3)17(4,5)13-21/h7-8,10,14H,6,9,11-13H2,1-5H3,(H,18,19). The highest BCUT2D eigenvalue weighted by Crippen LogP contribution is 2.24. The quantitative estimate of drug-likeness (QED) is 0.649. The van der Waals surface area contributed by atoms with Crippen LogP contribution in [0.25, 0.3) is 0 Å². The lowest BCUT2D eigenvalue weighted by molar-refractivity contribution is -0.145. The summed E-state index contributed by atoms with van der Waals surface area (Å²) >= 11 is 0. The van der Waals surface area contributed by atoms with Gasteiger partial charge in [0.25, 0.3) is 0 Å². The Hall–Kier alpha value is -2.05. The van der Waals surface area contributed by atoms with E-state index >= 15 is 0 Å². The molecule has 0 radical (unpaired) electrons. The number of nitrogens with one attached hydrogen (secondary N) is 1. The van der Waals surface area contributed by atoms with Crippen molar-refractivity contribution in [2.75, 3.05) is 26.2 Å². The first kappa shape index (κ1) is 18.3. The molecular weight excluding hydrogens is 304 g/mol. The Kier molecular flexibility index (Phi) is 5.85. The topological polar surface area (TPSA) is 65.8 Å². The first-order valence-electron chi connectivity index (χ1n) is 8.68. The van der Waals surface area contributed by atoms with Gasteiger partial charge in [0.05, 0.1) is 25.2 Å². The second kappa shape index (κ2) is 7.68. The van der Waals surface area contributed by atoms with Crippen LogP contribution in [0.1, 0.15) is 34.6 Å². The van der Waals surface area contributed by atoms with E-state index in [1.54, 1.807) is 6.20 Å². The van der Waals surface area contributed by atoms with Crippen molar-refractivity contribution < 1.29 is 4.79 Å². The van der Waals surface area contributed by atoms with Crippen LogP contribution in [0.4, 0.5) is 0 Å². The second-order valence-electron chi connectivity index (χ2n) is 7.03. The van der Waals surface area contributed by atoms with Crippen LogP contribution in [0.15, 0.2) is 23.5 Å². The van der Waals surface area contributed by atoms with Crippen LogP contribution < -0.4 is 5.32 Å². The number of amides is 1. The minimum absolute atomic E-state index is 0.152. The fourth-order valence-corrected chi connectivity index (χ4v) is 3.43. The molecule has 0 saturated carbocycles. The molecule has 7 nitrogen and oxygen atoms in total. The van der Waals surface area contributed by atoms with Gasteiger partial charge in [0.2, 0.25) is 5.91 Å². The molecule has 0 aromatic carbocycles. The lowest BCUT2D eigenvalue weighted by Crippen LogP contribution is -2.66. The van der Waals surface area contributed by atoms with Gasteiger partial charge in [-0.25, -0.2) is 0 Å². The number of carbonyl (C=O) groups is 1. The molecular formula is C17H30N6O. The molecule has 1 aromatic rings. The summed E-state index contributed by atoms with van der Waals surface area (Å²) in [5.41, 5.74) is -0.221. The van der Waals surface area contributed by atoms with E-state index < -0.39 is 0 Å². The smallest absolute Gasteiger partial charge is 0.242 e.